The van der Waals surface area contributed by atoms with Crippen LogP contribution in [-0.2, 0) is 13.1 Å². The number of non-ortho nitro benzene ring substituents is 1. The van der Waals surface area contributed by atoms with Gasteiger partial charge >= 0.3 is 5.97 Å². The van der Waals surface area contributed by atoms with Gasteiger partial charge in [0.05, 0.1) is 35.1 Å². The number of nitrogens with zero attached hydrogens (tertiary/aromatic N) is 5. The molecule has 202 valence electrons. The molecule has 1 amide bonds. The van der Waals surface area contributed by atoms with Gasteiger partial charge in [0.2, 0.25) is 5.76 Å². The van der Waals surface area contributed by atoms with Gasteiger partial charge in [0.25, 0.3) is 11.6 Å². The number of rotatable bonds is 9. The van der Waals surface area contributed by atoms with Gasteiger partial charge in [-0.25, -0.2) is 9.78 Å². The Morgan fingerprint density at radius 3 is 2.32 bits per heavy atom. The average Bonchev–Trinajstić information content (AvgIpc) is 3.66. The normalized spacial score (nSPS) is 10.6. The number of hydrogen-bond acceptors (Lipinski definition) is 7. The van der Waals surface area contributed by atoms with E-state index < -0.39 is 10.9 Å². The number of furan rings is 1. The van der Waals surface area contributed by atoms with Crippen molar-refractivity contribution < 1.29 is 24.0 Å². The smallest absolute Gasteiger partial charge is 0.371 e. The molecule has 0 aliphatic heterocycles. The fourth-order valence-electron chi connectivity index (χ4n) is 4.24. The number of anilines is 1. The van der Waals surface area contributed by atoms with Gasteiger partial charge in [-0.05, 0) is 66.2 Å². The molecule has 0 atom stereocenters. The number of imidazole rings is 1. The standard InChI is InChI=1S/C30H21N5O6/c31-15-20-1-3-21(4-2-20)17-33-19-32-16-26(33)18-34(29(36)23-7-11-25(12-8-23)35(39)40)24-9-5-22(6-10-24)27-13-14-28(41-27)30(37)38/h1-14,16,19H,17-18H2,(H,37,38). The van der Waals surface area contributed by atoms with Gasteiger partial charge < -0.3 is 19.0 Å². The first kappa shape index (κ1) is 26.6. The summed E-state index contributed by atoms with van der Waals surface area (Å²) in [7, 11) is 0. The Morgan fingerprint density at radius 1 is 1.00 bits per heavy atom. The molecule has 11 nitrogen and oxygen atoms in total. The Balaban J connectivity index is 1.46. The highest BCUT2D eigenvalue weighted by molar-refractivity contribution is 6.06. The number of nitro groups is 1. The molecule has 0 radical (unpaired) electrons. The quantitative estimate of drug-likeness (QED) is 0.187. The number of amides is 1. The van der Waals surface area contributed by atoms with Gasteiger partial charge in [0.1, 0.15) is 5.76 Å². The first-order valence-corrected chi connectivity index (χ1v) is 12.3. The molecule has 2 aromatic heterocycles. The average molecular weight is 548 g/mol. The van der Waals surface area contributed by atoms with E-state index in [0.717, 1.165) is 11.3 Å². The van der Waals surface area contributed by atoms with Gasteiger partial charge in [0, 0.05) is 41.7 Å². The zero-order chi connectivity index (χ0) is 28.9. The van der Waals surface area contributed by atoms with Crippen LogP contribution in [0.2, 0.25) is 0 Å². The second-order valence-electron chi connectivity index (χ2n) is 9.03. The number of benzene rings is 3. The molecular formula is C30H21N5O6. The predicted molar refractivity (Wildman–Crippen MR) is 147 cm³/mol. The molecule has 0 saturated carbocycles. The molecule has 0 fully saturated rings. The van der Waals surface area contributed by atoms with E-state index in [2.05, 4.69) is 11.1 Å². The Bertz CT molecular complexity index is 1760. The summed E-state index contributed by atoms with van der Waals surface area (Å²) in [4.78, 5) is 41.3. The van der Waals surface area contributed by atoms with Crippen LogP contribution in [0.4, 0.5) is 11.4 Å². The summed E-state index contributed by atoms with van der Waals surface area (Å²) in [5.74, 6) is -1.38. The van der Waals surface area contributed by atoms with Gasteiger partial charge in [0.15, 0.2) is 0 Å². The molecule has 1 N–H and O–H groups in total. The van der Waals surface area contributed by atoms with Crippen LogP contribution in [0.15, 0.2) is 102 Å². The van der Waals surface area contributed by atoms with Crippen molar-refractivity contribution in [3.63, 3.8) is 0 Å². The molecule has 0 aliphatic carbocycles. The maximum Gasteiger partial charge on any atom is 0.371 e. The largest absolute Gasteiger partial charge is 0.475 e. The molecule has 5 aromatic rings. The summed E-state index contributed by atoms with van der Waals surface area (Å²) in [6.07, 6.45) is 3.31. The fourth-order valence-corrected chi connectivity index (χ4v) is 4.24. The summed E-state index contributed by atoms with van der Waals surface area (Å²) in [5.41, 5.74) is 3.51. The van der Waals surface area contributed by atoms with Crippen molar-refractivity contribution in [2.75, 3.05) is 4.90 Å². The van der Waals surface area contributed by atoms with Crippen LogP contribution < -0.4 is 4.90 Å². The summed E-state index contributed by atoms with van der Waals surface area (Å²) < 4.78 is 7.28. The second-order valence-corrected chi connectivity index (χ2v) is 9.03. The van der Waals surface area contributed by atoms with Crippen LogP contribution in [0, 0.1) is 21.4 Å². The molecule has 2 heterocycles. The van der Waals surface area contributed by atoms with E-state index in [-0.39, 0.29) is 29.5 Å². The number of carboxylic acid groups (broad SMARTS) is 1. The Morgan fingerprint density at radius 2 is 1.71 bits per heavy atom. The van der Waals surface area contributed by atoms with Crippen LogP contribution >= 0.6 is 0 Å². The molecular weight excluding hydrogens is 526 g/mol. The van der Waals surface area contributed by atoms with E-state index >= 15 is 0 Å². The molecule has 11 heteroatoms. The third kappa shape index (κ3) is 5.86. The number of carbonyl (C=O) groups excluding carboxylic acids is 1. The van der Waals surface area contributed by atoms with Crippen molar-refractivity contribution in [3.05, 3.63) is 136 Å². The van der Waals surface area contributed by atoms with E-state index in [0.29, 0.717) is 29.1 Å². The Kier molecular flexibility index (Phi) is 7.38. The lowest BCUT2D eigenvalue weighted by Gasteiger charge is -2.24. The lowest BCUT2D eigenvalue weighted by molar-refractivity contribution is -0.384. The molecule has 0 aliphatic rings. The highest BCUT2D eigenvalue weighted by atomic mass is 16.6. The SMILES string of the molecule is N#Cc1ccc(Cn2cncc2CN(C(=O)c2ccc([N+](=O)[O-])cc2)c2ccc(-c3ccc(C(=O)O)o3)cc2)cc1. The van der Waals surface area contributed by atoms with Crippen LogP contribution in [0.3, 0.4) is 0 Å². The molecule has 0 saturated heterocycles. The Labute approximate surface area is 233 Å². The van der Waals surface area contributed by atoms with E-state index in [1.807, 2.05) is 16.7 Å². The number of nitro benzene ring substituents is 1. The molecule has 0 spiro atoms. The zero-order valence-corrected chi connectivity index (χ0v) is 21.4. The predicted octanol–water partition coefficient (Wildman–Crippen LogP) is 5.52. The third-order valence-electron chi connectivity index (χ3n) is 6.41. The number of hydrogen-bond donors (Lipinski definition) is 1. The minimum absolute atomic E-state index is 0.128. The summed E-state index contributed by atoms with van der Waals surface area (Å²) >= 11 is 0. The first-order valence-electron chi connectivity index (χ1n) is 12.3. The minimum Gasteiger partial charge on any atom is -0.475 e. The van der Waals surface area contributed by atoms with Gasteiger partial charge in [-0.3, -0.25) is 14.9 Å². The van der Waals surface area contributed by atoms with Crippen molar-refractivity contribution in [2.45, 2.75) is 13.1 Å². The molecule has 0 bridgehead atoms. The topological polar surface area (TPSA) is 156 Å². The monoisotopic (exact) mass is 547 g/mol. The van der Waals surface area contributed by atoms with E-state index in [1.165, 1.54) is 35.2 Å². The number of aromatic nitrogens is 2. The van der Waals surface area contributed by atoms with Crippen LogP contribution in [-0.4, -0.2) is 31.5 Å². The summed E-state index contributed by atoms with van der Waals surface area (Å²) in [6, 6.07) is 24.4. The molecule has 3 aromatic carbocycles. The van der Waals surface area contributed by atoms with Crippen molar-refractivity contribution >= 4 is 23.3 Å². The first-order chi connectivity index (χ1) is 19.8. The van der Waals surface area contributed by atoms with Gasteiger partial charge in [-0.1, -0.05) is 12.1 Å². The van der Waals surface area contributed by atoms with E-state index in [9.17, 15) is 19.7 Å². The maximum absolute atomic E-state index is 13.7. The summed E-state index contributed by atoms with van der Waals surface area (Å²) in [5, 5.41) is 29.3. The van der Waals surface area contributed by atoms with Crippen LogP contribution in [0.1, 0.15) is 37.7 Å². The lowest BCUT2D eigenvalue weighted by atomic mass is 10.1. The third-order valence-corrected chi connectivity index (χ3v) is 6.41. The fraction of sp³-hybridized carbons (Fsp3) is 0.0667. The molecule has 5 rings (SSSR count). The maximum atomic E-state index is 13.7. The zero-order valence-electron chi connectivity index (χ0n) is 21.4. The number of carbonyl (C=O) groups is 2. The highest BCUT2D eigenvalue weighted by Crippen LogP contribution is 2.27. The lowest BCUT2D eigenvalue weighted by Crippen LogP contribution is -2.31. The minimum atomic E-state index is -1.18. The Hall–Kier alpha value is -6.02. The summed E-state index contributed by atoms with van der Waals surface area (Å²) in [6.45, 7) is 0.597. The second kappa shape index (κ2) is 11.4. The van der Waals surface area contributed by atoms with E-state index in [1.54, 1.807) is 55.0 Å². The van der Waals surface area contributed by atoms with E-state index in [4.69, 9.17) is 14.8 Å². The van der Waals surface area contributed by atoms with Crippen LogP contribution in [0.5, 0.6) is 0 Å². The van der Waals surface area contributed by atoms with Crippen molar-refractivity contribution in [1.82, 2.24) is 9.55 Å². The highest BCUT2D eigenvalue weighted by Gasteiger charge is 2.21. The van der Waals surface area contributed by atoms with Gasteiger partial charge in [-0.2, -0.15) is 5.26 Å². The molecule has 0 unspecified atom stereocenters. The molecule has 41 heavy (non-hydrogen) atoms. The van der Waals surface area contributed by atoms with Crippen LogP contribution in [0.25, 0.3) is 11.3 Å². The van der Waals surface area contributed by atoms with Crippen molar-refractivity contribution in [1.29, 1.82) is 5.26 Å². The van der Waals surface area contributed by atoms with Crippen molar-refractivity contribution in [3.8, 4) is 17.4 Å². The van der Waals surface area contributed by atoms with Gasteiger partial charge in [-0.15, -0.1) is 0 Å². The number of aromatic carboxylic acids is 1. The number of nitriles is 1. The number of carboxylic acids is 1. The van der Waals surface area contributed by atoms with Crippen molar-refractivity contribution in [2.24, 2.45) is 0 Å².